The predicted octanol–water partition coefficient (Wildman–Crippen LogP) is 2.85. The van der Waals surface area contributed by atoms with Gasteiger partial charge in [0.25, 0.3) is 0 Å². The maximum Gasteiger partial charge on any atom is 0.416 e. The van der Waals surface area contributed by atoms with Crippen LogP contribution in [0.15, 0.2) is 18.2 Å². The second-order valence-electron chi connectivity index (χ2n) is 5.08. The van der Waals surface area contributed by atoms with Crippen LogP contribution in [-0.2, 0) is 12.6 Å². The normalized spacial score (nSPS) is 19.6. The van der Waals surface area contributed by atoms with Crippen LogP contribution >= 0.6 is 0 Å². The number of anilines is 1. The van der Waals surface area contributed by atoms with Gasteiger partial charge in [-0.1, -0.05) is 0 Å². The Morgan fingerprint density at radius 3 is 2.67 bits per heavy atom. The molecule has 1 heterocycles. The summed E-state index contributed by atoms with van der Waals surface area (Å²) in [6, 6.07) is 3.94. The van der Waals surface area contributed by atoms with E-state index >= 15 is 0 Å². The van der Waals surface area contributed by atoms with E-state index in [0.717, 1.165) is 30.4 Å². The van der Waals surface area contributed by atoms with E-state index in [1.165, 1.54) is 12.1 Å². The third-order valence-corrected chi connectivity index (χ3v) is 3.15. The summed E-state index contributed by atoms with van der Waals surface area (Å²) < 4.78 is 37.9. The van der Waals surface area contributed by atoms with Crippen molar-refractivity contribution in [3.8, 4) is 0 Å². The predicted molar refractivity (Wildman–Crippen MR) is 65.7 cm³/mol. The largest absolute Gasteiger partial charge is 0.416 e. The molecule has 0 saturated heterocycles. The number of alkyl halides is 3. The van der Waals surface area contributed by atoms with Gasteiger partial charge in [-0.15, -0.1) is 0 Å². The van der Waals surface area contributed by atoms with Crippen LogP contribution in [0, 0.1) is 5.92 Å². The molecule has 0 radical (unpaired) electrons. The van der Waals surface area contributed by atoms with Crippen molar-refractivity contribution in [1.29, 1.82) is 0 Å². The van der Waals surface area contributed by atoms with Crippen LogP contribution in [-0.4, -0.2) is 32.1 Å². The number of fused-ring (bicyclic) bond motifs is 1. The number of nitrogens with one attached hydrogen (secondary N) is 1. The molecule has 1 unspecified atom stereocenters. The summed E-state index contributed by atoms with van der Waals surface area (Å²) in [5, 5.41) is 3.20. The van der Waals surface area contributed by atoms with Crippen LogP contribution in [0.3, 0.4) is 0 Å². The van der Waals surface area contributed by atoms with Crippen molar-refractivity contribution in [3.05, 3.63) is 29.3 Å². The van der Waals surface area contributed by atoms with Crippen molar-refractivity contribution >= 4 is 5.69 Å². The highest BCUT2D eigenvalue weighted by Crippen LogP contribution is 2.34. The first-order valence-electron chi connectivity index (χ1n) is 5.95. The lowest BCUT2D eigenvalue weighted by Crippen LogP contribution is -2.32. The minimum atomic E-state index is -4.26. The van der Waals surface area contributed by atoms with Crippen molar-refractivity contribution in [2.75, 3.05) is 32.5 Å². The van der Waals surface area contributed by atoms with Gasteiger partial charge in [-0.2, -0.15) is 13.2 Å². The number of hydrogen-bond donors (Lipinski definition) is 1. The average Bonchev–Trinajstić information content (AvgIpc) is 2.26. The summed E-state index contributed by atoms with van der Waals surface area (Å²) in [5.74, 6) is 0.357. The number of halogens is 3. The van der Waals surface area contributed by atoms with E-state index < -0.39 is 11.7 Å². The minimum absolute atomic E-state index is 0.357. The lowest BCUT2D eigenvalue weighted by Gasteiger charge is -2.28. The van der Waals surface area contributed by atoms with Crippen molar-refractivity contribution < 1.29 is 13.2 Å². The first-order valence-corrected chi connectivity index (χ1v) is 5.95. The van der Waals surface area contributed by atoms with E-state index in [0.29, 0.717) is 12.3 Å². The standard InChI is InChI=1S/C13H17F3N2/c1-18(2)8-9-5-10-6-11(13(14,15)16)3-4-12(10)17-7-9/h3-4,6,9,17H,5,7-8H2,1-2H3. The maximum absolute atomic E-state index is 12.6. The molecule has 1 aromatic rings. The SMILES string of the molecule is CN(C)CC1CNc2ccc(C(F)(F)F)cc2C1. The molecular weight excluding hydrogens is 241 g/mol. The molecule has 0 amide bonds. The number of hydrogen-bond acceptors (Lipinski definition) is 2. The van der Waals surface area contributed by atoms with Crippen molar-refractivity contribution in [1.82, 2.24) is 4.90 Å². The van der Waals surface area contributed by atoms with Crippen molar-refractivity contribution in [2.24, 2.45) is 5.92 Å². The Morgan fingerprint density at radius 2 is 2.06 bits per heavy atom. The second-order valence-corrected chi connectivity index (χ2v) is 5.08. The number of nitrogens with zero attached hydrogens (tertiary/aromatic N) is 1. The fourth-order valence-electron chi connectivity index (χ4n) is 2.39. The molecule has 1 aliphatic heterocycles. The first kappa shape index (κ1) is 13.2. The lowest BCUT2D eigenvalue weighted by atomic mass is 9.92. The Bertz CT molecular complexity index is 427. The molecule has 1 atom stereocenters. The summed E-state index contributed by atoms with van der Waals surface area (Å²) in [6.07, 6.45) is -3.56. The molecule has 0 fully saturated rings. The molecule has 0 saturated carbocycles. The highest BCUT2D eigenvalue weighted by atomic mass is 19.4. The molecule has 1 N–H and O–H groups in total. The maximum atomic E-state index is 12.6. The van der Waals surface area contributed by atoms with Gasteiger partial charge in [0, 0.05) is 18.8 Å². The van der Waals surface area contributed by atoms with Crippen LogP contribution in [0.5, 0.6) is 0 Å². The highest BCUT2D eigenvalue weighted by molar-refractivity contribution is 5.55. The van der Waals surface area contributed by atoms with Gasteiger partial charge in [-0.05, 0) is 50.2 Å². The van der Waals surface area contributed by atoms with Crippen molar-refractivity contribution in [3.63, 3.8) is 0 Å². The molecule has 0 bridgehead atoms. The quantitative estimate of drug-likeness (QED) is 0.877. The van der Waals surface area contributed by atoms with Crippen LogP contribution in [0.2, 0.25) is 0 Å². The topological polar surface area (TPSA) is 15.3 Å². The summed E-state index contributed by atoms with van der Waals surface area (Å²) in [7, 11) is 3.95. The molecular formula is C13H17F3N2. The smallest absolute Gasteiger partial charge is 0.384 e. The Morgan fingerprint density at radius 1 is 1.33 bits per heavy atom. The van der Waals surface area contributed by atoms with Gasteiger partial charge in [-0.3, -0.25) is 0 Å². The molecule has 18 heavy (non-hydrogen) atoms. The van der Waals surface area contributed by atoms with E-state index in [9.17, 15) is 13.2 Å². The number of rotatable bonds is 2. The van der Waals surface area contributed by atoms with Crippen LogP contribution in [0.1, 0.15) is 11.1 Å². The minimum Gasteiger partial charge on any atom is -0.384 e. The second kappa shape index (κ2) is 4.80. The van der Waals surface area contributed by atoms with Gasteiger partial charge >= 0.3 is 6.18 Å². The van der Waals surface area contributed by atoms with Gasteiger partial charge in [0.2, 0.25) is 0 Å². The van der Waals surface area contributed by atoms with Crippen molar-refractivity contribution in [2.45, 2.75) is 12.6 Å². The lowest BCUT2D eigenvalue weighted by molar-refractivity contribution is -0.137. The third-order valence-electron chi connectivity index (χ3n) is 3.15. The van der Waals surface area contributed by atoms with Crippen LogP contribution in [0.4, 0.5) is 18.9 Å². The average molecular weight is 258 g/mol. The van der Waals surface area contributed by atoms with Gasteiger partial charge in [0.05, 0.1) is 5.56 Å². The van der Waals surface area contributed by atoms with E-state index in [2.05, 4.69) is 10.2 Å². The molecule has 100 valence electrons. The van der Waals surface area contributed by atoms with Gasteiger partial charge in [0.1, 0.15) is 0 Å². The van der Waals surface area contributed by atoms with Gasteiger partial charge < -0.3 is 10.2 Å². The zero-order chi connectivity index (χ0) is 13.3. The summed E-state index contributed by atoms with van der Waals surface area (Å²) in [4.78, 5) is 2.06. The molecule has 1 aliphatic rings. The Balaban J connectivity index is 2.19. The van der Waals surface area contributed by atoms with E-state index in [4.69, 9.17) is 0 Å². The number of benzene rings is 1. The Kier molecular flexibility index (Phi) is 3.52. The summed E-state index contributed by atoms with van der Waals surface area (Å²) in [5.41, 5.74) is 1.04. The highest BCUT2D eigenvalue weighted by Gasteiger charge is 2.31. The van der Waals surface area contributed by atoms with E-state index in [1.54, 1.807) is 0 Å². The van der Waals surface area contributed by atoms with E-state index in [1.807, 2.05) is 14.1 Å². The molecule has 1 aromatic carbocycles. The molecule has 2 nitrogen and oxygen atoms in total. The third kappa shape index (κ3) is 2.96. The molecule has 5 heteroatoms. The zero-order valence-electron chi connectivity index (χ0n) is 10.5. The molecule has 0 spiro atoms. The van der Waals surface area contributed by atoms with Crippen LogP contribution < -0.4 is 5.32 Å². The van der Waals surface area contributed by atoms with Gasteiger partial charge in [-0.25, -0.2) is 0 Å². The molecule has 2 rings (SSSR count). The fraction of sp³-hybridized carbons (Fsp3) is 0.538. The summed E-state index contributed by atoms with van der Waals surface area (Å²) >= 11 is 0. The Labute approximate surface area is 105 Å². The van der Waals surface area contributed by atoms with E-state index in [-0.39, 0.29) is 0 Å². The molecule has 0 aromatic heterocycles. The first-order chi connectivity index (χ1) is 8.36. The van der Waals surface area contributed by atoms with Crippen LogP contribution in [0.25, 0.3) is 0 Å². The van der Waals surface area contributed by atoms with Gasteiger partial charge in [0.15, 0.2) is 0 Å². The monoisotopic (exact) mass is 258 g/mol. The zero-order valence-corrected chi connectivity index (χ0v) is 10.5. The Hall–Kier alpha value is -1.23. The fourth-order valence-corrected chi connectivity index (χ4v) is 2.39. The summed E-state index contributed by atoms with van der Waals surface area (Å²) in [6.45, 7) is 1.69. The molecule has 0 aliphatic carbocycles.